The first kappa shape index (κ1) is 16.6. The van der Waals surface area contributed by atoms with Crippen molar-refractivity contribution >= 4 is 28.6 Å². The summed E-state index contributed by atoms with van der Waals surface area (Å²) in [5, 5.41) is 3.42. The highest BCUT2D eigenvalue weighted by molar-refractivity contribution is 7.15. The van der Waals surface area contributed by atoms with Gasteiger partial charge in [-0.05, 0) is 51.0 Å². The summed E-state index contributed by atoms with van der Waals surface area (Å²) < 4.78 is 6.66. The Hall–Kier alpha value is -1.30. The van der Waals surface area contributed by atoms with Crippen molar-refractivity contribution in [3.63, 3.8) is 0 Å². The molecule has 0 atom stereocenters. The van der Waals surface area contributed by atoms with Gasteiger partial charge in [-0.2, -0.15) is 0 Å². The topological polar surface area (TPSA) is 37.4 Å². The maximum Gasteiger partial charge on any atom is 0.183 e. The zero-order valence-electron chi connectivity index (χ0n) is 13.3. The summed E-state index contributed by atoms with van der Waals surface area (Å²) in [6, 6.07) is 8.10. The van der Waals surface area contributed by atoms with E-state index in [0.717, 1.165) is 22.9 Å². The predicted molar refractivity (Wildman–Crippen MR) is 96.6 cm³/mol. The Morgan fingerprint density at radius 1 is 1.35 bits per heavy atom. The van der Waals surface area contributed by atoms with Gasteiger partial charge in [-0.3, -0.25) is 0 Å². The lowest BCUT2D eigenvalue weighted by atomic mass is 9.98. The van der Waals surface area contributed by atoms with E-state index in [9.17, 15) is 0 Å². The minimum atomic E-state index is 0.577. The normalized spacial score (nSPS) is 16.4. The molecule has 124 valence electrons. The molecule has 0 aliphatic carbocycles. The Kier molecular flexibility index (Phi) is 5.75. The van der Waals surface area contributed by atoms with Gasteiger partial charge in [0.2, 0.25) is 0 Å². The fraction of sp³-hybridized carbons (Fsp3) is 0.471. The van der Waals surface area contributed by atoms with E-state index in [1.807, 2.05) is 30.5 Å². The van der Waals surface area contributed by atoms with Gasteiger partial charge in [0.15, 0.2) is 4.47 Å². The SMILES string of the molecule is CN1CCC(COc2ccccc2NCc2cnc(Cl)s2)CC1. The third kappa shape index (κ3) is 4.83. The van der Waals surface area contributed by atoms with Gasteiger partial charge in [-0.1, -0.05) is 23.7 Å². The van der Waals surface area contributed by atoms with Crippen molar-refractivity contribution in [2.24, 2.45) is 5.92 Å². The highest BCUT2D eigenvalue weighted by atomic mass is 35.5. The van der Waals surface area contributed by atoms with Crippen LogP contribution < -0.4 is 10.1 Å². The van der Waals surface area contributed by atoms with Crippen molar-refractivity contribution < 1.29 is 4.74 Å². The number of nitrogens with one attached hydrogen (secondary N) is 1. The molecule has 6 heteroatoms. The van der Waals surface area contributed by atoms with Crippen LogP contribution in [0.25, 0.3) is 0 Å². The Bertz CT molecular complexity index is 626. The van der Waals surface area contributed by atoms with Crippen LogP contribution in [0.1, 0.15) is 17.7 Å². The molecule has 2 aromatic rings. The Morgan fingerprint density at radius 2 is 2.13 bits per heavy atom. The summed E-state index contributed by atoms with van der Waals surface area (Å²) in [7, 11) is 2.18. The first-order chi connectivity index (χ1) is 11.2. The monoisotopic (exact) mass is 351 g/mol. The zero-order chi connectivity index (χ0) is 16.1. The molecule has 0 saturated carbocycles. The average Bonchev–Trinajstić information content (AvgIpc) is 2.99. The maximum atomic E-state index is 6.09. The highest BCUT2D eigenvalue weighted by Crippen LogP contribution is 2.27. The number of piperidine rings is 1. The first-order valence-electron chi connectivity index (χ1n) is 7.95. The highest BCUT2D eigenvalue weighted by Gasteiger charge is 2.17. The largest absolute Gasteiger partial charge is 0.491 e. The third-order valence-corrected chi connectivity index (χ3v) is 5.29. The molecule has 0 bridgehead atoms. The van der Waals surface area contributed by atoms with Gasteiger partial charge in [0.05, 0.1) is 18.8 Å². The number of hydrogen-bond acceptors (Lipinski definition) is 5. The summed E-state index contributed by atoms with van der Waals surface area (Å²) in [5.74, 6) is 1.57. The zero-order valence-corrected chi connectivity index (χ0v) is 14.9. The van der Waals surface area contributed by atoms with E-state index >= 15 is 0 Å². The first-order valence-corrected chi connectivity index (χ1v) is 9.14. The number of benzene rings is 1. The molecule has 2 heterocycles. The van der Waals surface area contributed by atoms with Gasteiger partial charge >= 0.3 is 0 Å². The summed E-state index contributed by atoms with van der Waals surface area (Å²) in [6.07, 6.45) is 4.24. The number of rotatable bonds is 6. The number of aromatic nitrogens is 1. The minimum absolute atomic E-state index is 0.577. The van der Waals surface area contributed by atoms with Crippen LogP contribution >= 0.6 is 22.9 Å². The molecule has 4 nitrogen and oxygen atoms in total. The molecule has 23 heavy (non-hydrogen) atoms. The number of nitrogens with zero attached hydrogens (tertiary/aromatic N) is 2. The summed E-state index contributed by atoms with van der Waals surface area (Å²) in [6.45, 7) is 3.83. The summed E-state index contributed by atoms with van der Waals surface area (Å²) >= 11 is 7.37. The molecule has 1 aliphatic heterocycles. The Labute approximate surface area is 146 Å². The fourth-order valence-corrected chi connectivity index (χ4v) is 3.64. The molecule has 0 unspecified atom stereocenters. The second kappa shape index (κ2) is 7.99. The fourth-order valence-electron chi connectivity index (χ4n) is 2.72. The van der Waals surface area contributed by atoms with Crippen LogP contribution in [0.5, 0.6) is 5.75 Å². The molecular weight excluding hydrogens is 330 g/mol. The van der Waals surface area contributed by atoms with Gasteiger partial charge in [0.25, 0.3) is 0 Å². The molecule has 1 N–H and O–H groups in total. The number of halogens is 1. The van der Waals surface area contributed by atoms with Crippen LogP contribution in [-0.2, 0) is 6.54 Å². The van der Waals surface area contributed by atoms with E-state index in [1.54, 1.807) is 0 Å². The van der Waals surface area contributed by atoms with Crippen LogP contribution in [0.3, 0.4) is 0 Å². The van der Waals surface area contributed by atoms with E-state index < -0.39 is 0 Å². The number of likely N-dealkylation sites (tertiary alicyclic amines) is 1. The Balaban J connectivity index is 1.55. The van der Waals surface area contributed by atoms with Crippen LogP contribution in [0.4, 0.5) is 5.69 Å². The molecule has 1 aromatic heterocycles. The van der Waals surface area contributed by atoms with E-state index in [0.29, 0.717) is 16.9 Å². The van der Waals surface area contributed by atoms with Crippen molar-refractivity contribution in [2.75, 3.05) is 32.1 Å². The molecule has 0 radical (unpaired) electrons. The quantitative estimate of drug-likeness (QED) is 0.849. The van der Waals surface area contributed by atoms with Gasteiger partial charge < -0.3 is 15.0 Å². The van der Waals surface area contributed by atoms with Gasteiger partial charge in [-0.15, -0.1) is 11.3 Å². The molecule has 1 aliphatic rings. The van der Waals surface area contributed by atoms with Gasteiger partial charge in [0.1, 0.15) is 5.75 Å². The van der Waals surface area contributed by atoms with Crippen molar-refractivity contribution in [1.29, 1.82) is 0 Å². The second-order valence-electron chi connectivity index (χ2n) is 5.99. The lowest BCUT2D eigenvalue weighted by molar-refractivity contribution is 0.160. The minimum Gasteiger partial charge on any atom is -0.491 e. The van der Waals surface area contributed by atoms with Crippen molar-refractivity contribution in [3.05, 3.63) is 39.8 Å². The van der Waals surface area contributed by atoms with Crippen LogP contribution in [-0.4, -0.2) is 36.6 Å². The Morgan fingerprint density at radius 3 is 2.87 bits per heavy atom. The maximum absolute atomic E-state index is 6.09. The van der Waals surface area contributed by atoms with Crippen molar-refractivity contribution in [1.82, 2.24) is 9.88 Å². The molecule has 1 aromatic carbocycles. The molecule has 0 spiro atoms. The van der Waals surface area contributed by atoms with Crippen LogP contribution in [0.15, 0.2) is 30.5 Å². The van der Waals surface area contributed by atoms with E-state index in [2.05, 4.69) is 22.2 Å². The van der Waals surface area contributed by atoms with Gasteiger partial charge in [-0.25, -0.2) is 4.98 Å². The van der Waals surface area contributed by atoms with E-state index in [-0.39, 0.29) is 0 Å². The number of ether oxygens (including phenoxy) is 1. The predicted octanol–water partition coefficient (Wildman–Crippen LogP) is 4.13. The van der Waals surface area contributed by atoms with Crippen molar-refractivity contribution in [2.45, 2.75) is 19.4 Å². The van der Waals surface area contributed by atoms with Crippen molar-refractivity contribution in [3.8, 4) is 5.75 Å². The van der Waals surface area contributed by atoms with E-state index in [4.69, 9.17) is 16.3 Å². The second-order valence-corrected chi connectivity index (χ2v) is 7.68. The number of para-hydroxylation sites is 2. The molecule has 0 amide bonds. The molecule has 1 fully saturated rings. The van der Waals surface area contributed by atoms with Gasteiger partial charge in [0, 0.05) is 11.1 Å². The standard InChI is InChI=1S/C17H22ClN3OS/c1-21-8-6-13(7-9-21)12-22-16-5-3-2-4-15(16)19-10-14-11-20-17(18)23-14/h2-5,11,13,19H,6-10,12H2,1H3. The van der Waals surface area contributed by atoms with E-state index in [1.165, 1.54) is 37.3 Å². The smallest absolute Gasteiger partial charge is 0.183 e. The number of anilines is 1. The van der Waals surface area contributed by atoms with Crippen LogP contribution in [0, 0.1) is 5.92 Å². The molecular formula is C17H22ClN3OS. The summed E-state index contributed by atoms with van der Waals surface area (Å²) in [5.41, 5.74) is 1.02. The number of thiazole rings is 1. The number of hydrogen-bond donors (Lipinski definition) is 1. The molecule has 1 saturated heterocycles. The lowest BCUT2D eigenvalue weighted by Crippen LogP contribution is -2.32. The summed E-state index contributed by atoms with van der Waals surface area (Å²) in [4.78, 5) is 7.56. The van der Waals surface area contributed by atoms with Crippen LogP contribution in [0.2, 0.25) is 4.47 Å². The third-order valence-electron chi connectivity index (χ3n) is 4.18. The lowest BCUT2D eigenvalue weighted by Gasteiger charge is -2.29. The molecule has 3 rings (SSSR count). The average molecular weight is 352 g/mol.